The molecule has 6 heteroatoms. The van der Waals surface area contributed by atoms with Gasteiger partial charge in [-0.05, 0) is 25.0 Å². The quantitative estimate of drug-likeness (QED) is 0.535. The lowest BCUT2D eigenvalue weighted by Gasteiger charge is -2.12. The summed E-state index contributed by atoms with van der Waals surface area (Å²) in [5, 5.41) is 11.8. The van der Waals surface area contributed by atoms with Crippen molar-refractivity contribution in [2.45, 2.75) is 12.8 Å². The first kappa shape index (κ1) is 11.4. The number of nitrogens with two attached hydrogens (primary N) is 1. The third-order valence-corrected chi connectivity index (χ3v) is 2.86. The number of nitrogens with one attached hydrogen (secondary N) is 1. The van der Waals surface area contributed by atoms with Crippen LogP contribution in [0.4, 0.5) is 10.1 Å². The number of phenolic OH excluding ortho intramolecular Hbond substituents is 1. The summed E-state index contributed by atoms with van der Waals surface area (Å²) in [6, 6.07) is 3.19. The Kier molecular flexibility index (Phi) is 2.49. The summed E-state index contributed by atoms with van der Waals surface area (Å²) in [5.74, 6) is -2.25. The van der Waals surface area contributed by atoms with E-state index in [0.717, 1.165) is 12.1 Å². The molecular formula is C11H11FN2O3. The number of phenols is 1. The number of primary amides is 1. The van der Waals surface area contributed by atoms with Crippen molar-refractivity contribution in [3.05, 3.63) is 24.0 Å². The van der Waals surface area contributed by atoms with Crippen molar-refractivity contribution in [1.29, 1.82) is 0 Å². The van der Waals surface area contributed by atoms with Crippen molar-refractivity contribution in [3.63, 3.8) is 0 Å². The molecule has 0 aromatic heterocycles. The van der Waals surface area contributed by atoms with E-state index in [9.17, 15) is 19.1 Å². The first-order chi connectivity index (χ1) is 7.95. The zero-order valence-electron chi connectivity index (χ0n) is 8.87. The summed E-state index contributed by atoms with van der Waals surface area (Å²) in [6.07, 6.45) is 0.798. The van der Waals surface area contributed by atoms with Crippen molar-refractivity contribution >= 4 is 17.5 Å². The molecule has 2 rings (SSSR count). The van der Waals surface area contributed by atoms with Crippen molar-refractivity contribution < 1.29 is 19.1 Å². The Bertz CT molecular complexity index is 497. The van der Waals surface area contributed by atoms with Crippen LogP contribution in [0.5, 0.6) is 5.75 Å². The van der Waals surface area contributed by atoms with E-state index in [0.29, 0.717) is 12.8 Å². The van der Waals surface area contributed by atoms with Gasteiger partial charge in [0.2, 0.25) is 11.8 Å². The molecule has 5 nitrogen and oxygen atoms in total. The van der Waals surface area contributed by atoms with Crippen molar-refractivity contribution in [2.75, 3.05) is 5.32 Å². The normalized spacial score (nSPS) is 16.3. The largest absolute Gasteiger partial charge is 0.506 e. The molecule has 1 fully saturated rings. The smallest absolute Gasteiger partial charge is 0.240 e. The lowest BCUT2D eigenvalue weighted by Crippen LogP contribution is -2.36. The van der Waals surface area contributed by atoms with Gasteiger partial charge in [-0.15, -0.1) is 0 Å². The summed E-state index contributed by atoms with van der Waals surface area (Å²) in [6.45, 7) is 0. The minimum absolute atomic E-state index is 0.0592. The summed E-state index contributed by atoms with van der Waals surface area (Å²) in [5.41, 5.74) is 4.02. The Morgan fingerprint density at radius 3 is 2.53 bits per heavy atom. The highest BCUT2D eigenvalue weighted by Gasteiger charge is 2.55. The predicted octanol–water partition coefficient (Wildman–Crippen LogP) is 0.735. The van der Waals surface area contributed by atoms with Crippen molar-refractivity contribution in [2.24, 2.45) is 11.1 Å². The third kappa shape index (κ3) is 1.93. The van der Waals surface area contributed by atoms with Gasteiger partial charge in [0.1, 0.15) is 17.0 Å². The summed E-state index contributed by atoms with van der Waals surface area (Å²) in [7, 11) is 0. The molecular weight excluding hydrogens is 227 g/mol. The monoisotopic (exact) mass is 238 g/mol. The van der Waals surface area contributed by atoms with Crippen LogP contribution >= 0.6 is 0 Å². The summed E-state index contributed by atoms with van der Waals surface area (Å²) in [4.78, 5) is 22.9. The molecule has 0 bridgehead atoms. The standard InChI is InChI=1S/C11H11FN2O3/c12-6-1-2-7(8(15)5-6)14-10(17)11(3-4-11)9(13)16/h1-2,5,15H,3-4H2,(H2,13,16)(H,14,17). The summed E-state index contributed by atoms with van der Waals surface area (Å²) >= 11 is 0. The van der Waals surface area contributed by atoms with Gasteiger partial charge in [0, 0.05) is 6.07 Å². The zero-order chi connectivity index (χ0) is 12.6. The fourth-order valence-electron chi connectivity index (χ4n) is 1.56. The van der Waals surface area contributed by atoms with Crippen LogP contribution in [0.15, 0.2) is 18.2 Å². The number of aromatic hydroxyl groups is 1. The fraction of sp³-hybridized carbons (Fsp3) is 0.273. The highest BCUT2D eigenvalue weighted by Crippen LogP contribution is 2.46. The third-order valence-electron chi connectivity index (χ3n) is 2.86. The lowest BCUT2D eigenvalue weighted by atomic mass is 10.1. The predicted molar refractivity (Wildman–Crippen MR) is 57.6 cm³/mol. The number of hydrogen-bond acceptors (Lipinski definition) is 3. The van der Waals surface area contributed by atoms with E-state index >= 15 is 0 Å². The van der Waals surface area contributed by atoms with E-state index in [-0.39, 0.29) is 5.69 Å². The molecule has 0 aliphatic heterocycles. The number of anilines is 1. The first-order valence-electron chi connectivity index (χ1n) is 5.05. The molecule has 0 spiro atoms. The topological polar surface area (TPSA) is 92.4 Å². The van der Waals surface area contributed by atoms with Gasteiger partial charge in [-0.25, -0.2) is 4.39 Å². The van der Waals surface area contributed by atoms with Crippen LogP contribution in [0.3, 0.4) is 0 Å². The molecule has 4 N–H and O–H groups in total. The summed E-state index contributed by atoms with van der Waals surface area (Å²) < 4.78 is 12.7. The van der Waals surface area contributed by atoms with Crippen LogP contribution in [0.25, 0.3) is 0 Å². The molecule has 90 valence electrons. The first-order valence-corrected chi connectivity index (χ1v) is 5.05. The maximum atomic E-state index is 12.7. The number of carbonyl (C=O) groups excluding carboxylic acids is 2. The second-order valence-corrected chi connectivity index (χ2v) is 4.06. The van der Waals surface area contributed by atoms with Crippen LogP contribution in [-0.4, -0.2) is 16.9 Å². The van der Waals surface area contributed by atoms with Crippen LogP contribution < -0.4 is 11.1 Å². The lowest BCUT2D eigenvalue weighted by molar-refractivity contribution is -0.132. The molecule has 1 aromatic rings. The number of carbonyl (C=O) groups is 2. The molecule has 2 amide bonds. The van der Waals surface area contributed by atoms with Crippen molar-refractivity contribution in [1.82, 2.24) is 0 Å². The number of hydrogen-bond donors (Lipinski definition) is 3. The van der Waals surface area contributed by atoms with Gasteiger partial charge >= 0.3 is 0 Å². The molecule has 0 unspecified atom stereocenters. The fourth-order valence-corrected chi connectivity index (χ4v) is 1.56. The SMILES string of the molecule is NC(=O)C1(C(=O)Nc2ccc(F)cc2O)CC1. The minimum atomic E-state index is -1.17. The maximum absolute atomic E-state index is 12.7. The van der Waals surface area contributed by atoms with Gasteiger partial charge in [0.25, 0.3) is 0 Å². The van der Waals surface area contributed by atoms with Gasteiger partial charge < -0.3 is 16.2 Å². The molecule has 0 radical (unpaired) electrons. The number of benzene rings is 1. The van der Waals surface area contributed by atoms with E-state index in [1.165, 1.54) is 6.07 Å². The number of halogens is 1. The second-order valence-electron chi connectivity index (χ2n) is 4.06. The molecule has 1 aromatic carbocycles. The highest BCUT2D eigenvalue weighted by molar-refractivity contribution is 6.12. The maximum Gasteiger partial charge on any atom is 0.240 e. The van der Waals surface area contributed by atoms with Crippen molar-refractivity contribution in [3.8, 4) is 5.75 Å². The Hall–Kier alpha value is -2.11. The molecule has 0 saturated heterocycles. The molecule has 17 heavy (non-hydrogen) atoms. The van der Waals surface area contributed by atoms with Crippen LogP contribution in [0, 0.1) is 11.2 Å². The van der Waals surface area contributed by atoms with Gasteiger partial charge in [0.15, 0.2) is 0 Å². The highest BCUT2D eigenvalue weighted by atomic mass is 19.1. The molecule has 1 aliphatic rings. The van der Waals surface area contributed by atoms with E-state index < -0.39 is 28.8 Å². The average molecular weight is 238 g/mol. The average Bonchev–Trinajstić information content (AvgIpc) is 3.02. The number of rotatable bonds is 3. The Labute approximate surface area is 96.4 Å². The van der Waals surface area contributed by atoms with E-state index in [4.69, 9.17) is 5.73 Å². The molecule has 1 saturated carbocycles. The van der Waals surface area contributed by atoms with Gasteiger partial charge in [-0.1, -0.05) is 0 Å². The molecule has 0 atom stereocenters. The Morgan fingerprint density at radius 2 is 2.06 bits per heavy atom. The Morgan fingerprint density at radius 1 is 1.41 bits per heavy atom. The van der Waals surface area contributed by atoms with Crippen LogP contribution in [0.2, 0.25) is 0 Å². The molecule has 0 heterocycles. The zero-order valence-corrected chi connectivity index (χ0v) is 8.87. The number of amides is 2. The van der Waals surface area contributed by atoms with E-state index in [1.807, 2.05) is 0 Å². The van der Waals surface area contributed by atoms with Gasteiger partial charge in [-0.3, -0.25) is 9.59 Å². The van der Waals surface area contributed by atoms with Gasteiger partial charge in [-0.2, -0.15) is 0 Å². The van der Waals surface area contributed by atoms with E-state index in [2.05, 4.69) is 5.32 Å². The minimum Gasteiger partial charge on any atom is -0.506 e. The Balaban J connectivity index is 2.17. The second kappa shape index (κ2) is 3.73. The van der Waals surface area contributed by atoms with Crippen LogP contribution in [-0.2, 0) is 9.59 Å². The molecule has 1 aliphatic carbocycles. The van der Waals surface area contributed by atoms with Gasteiger partial charge in [0.05, 0.1) is 5.69 Å². The van der Waals surface area contributed by atoms with E-state index in [1.54, 1.807) is 0 Å². The van der Waals surface area contributed by atoms with Crippen LogP contribution in [0.1, 0.15) is 12.8 Å².